The van der Waals surface area contributed by atoms with Crippen molar-refractivity contribution in [2.45, 2.75) is 6.42 Å². The molecular weight excluding hydrogens is 412 g/mol. The number of hydrogen-bond acceptors (Lipinski definition) is 7. The van der Waals surface area contributed by atoms with Crippen molar-refractivity contribution in [2.24, 2.45) is 0 Å². The Balaban J connectivity index is 2.04. The Morgan fingerprint density at radius 2 is 1.31 bits per heavy atom. The first kappa shape index (κ1) is 21.5. The van der Waals surface area contributed by atoms with Crippen LogP contribution in [0.25, 0.3) is 22.3 Å². The maximum atomic E-state index is 11.6. The van der Waals surface area contributed by atoms with E-state index < -0.39 is 0 Å². The van der Waals surface area contributed by atoms with Crippen LogP contribution >= 0.6 is 0 Å². The average molecular weight is 438 g/mol. The van der Waals surface area contributed by atoms with Gasteiger partial charge in [-0.05, 0) is 18.2 Å². The molecule has 3 aromatic rings. The van der Waals surface area contributed by atoms with Crippen molar-refractivity contribution in [2.75, 3.05) is 42.2 Å². The molecule has 0 aliphatic carbocycles. The second kappa shape index (κ2) is 8.78. The highest BCUT2D eigenvalue weighted by molar-refractivity contribution is 5.93. The van der Waals surface area contributed by atoms with Crippen molar-refractivity contribution < 1.29 is 33.5 Å². The third-order valence-corrected chi connectivity index (χ3v) is 5.64. The van der Waals surface area contributed by atoms with Gasteiger partial charge in [-0.15, -0.1) is 0 Å². The summed E-state index contributed by atoms with van der Waals surface area (Å²) in [6.07, 6.45) is 0.649. The fourth-order valence-electron chi connectivity index (χ4n) is 4.08. The van der Waals surface area contributed by atoms with Crippen LogP contribution in [0, 0.1) is 0 Å². The molecule has 0 bridgehead atoms. The number of benzene rings is 3. The molecule has 0 spiro atoms. The summed E-state index contributed by atoms with van der Waals surface area (Å²) in [4.78, 5) is 0. The predicted octanol–water partition coefficient (Wildman–Crippen LogP) is 4.70. The summed E-state index contributed by atoms with van der Waals surface area (Å²) in [6.45, 7) is 0.520. The molecule has 7 nitrogen and oxygen atoms in total. The van der Waals surface area contributed by atoms with Crippen molar-refractivity contribution in [3.8, 4) is 62.5 Å². The molecule has 0 fully saturated rings. The molecule has 1 aliphatic rings. The number of ether oxygens (including phenoxy) is 6. The Labute approximate surface area is 187 Å². The second-order valence-corrected chi connectivity index (χ2v) is 7.20. The molecular formula is C25H26O7. The summed E-state index contributed by atoms with van der Waals surface area (Å²) in [5.41, 5.74) is 3.39. The van der Waals surface area contributed by atoms with Gasteiger partial charge in [-0.1, -0.05) is 0 Å². The van der Waals surface area contributed by atoms with Crippen LogP contribution in [0.15, 0.2) is 36.4 Å². The summed E-state index contributed by atoms with van der Waals surface area (Å²) in [7, 11) is 7.89. The number of methoxy groups -OCH3 is 5. The summed E-state index contributed by atoms with van der Waals surface area (Å²) >= 11 is 0. The molecule has 1 aliphatic heterocycles. The molecule has 4 rings (SSSR count). The van der Waals surface area contributed by atoms with Crippen LogP contribution in [0.4, 0.5) is 0 Å². The van der Waals surface area contributed by atoms with Crippen molar-refractivity contribution in [3.63, 3.8) is 0 Å². The minimum absolute atomic E-state index is 0.0829. The largest absolute Gasteiger partial charge is 0.507 e. The molecule has 7 heteroatoms. The van der Waals surface area contributed by atoms with Gasteiger partial charge in [-0.25, -0.2) is 0 Å². The Bertz CT molecular complexity index is 1130. The second-order valence-electron chi connectivity index (χ2n) is 7.20. The summed E-state index contributed by atoms with van der Waals surface area (Å²) < 4.78 is 33.5. The first-order chi connectivity index (χ1) is 15.6. The van der Waals surface area contributed by atoms with Gasteiger partial charge in [0.2, 0.25) is 0 Å². The molecule has 0 atom stereocenters. The number of phenolic OH excluding ortho intramolecular Hbond substituents is 1. The molecule has 0 saturated heterocycles. The van der Waals surface area contributed by atoms with Gasteiger partial charge in [-0.3, -0.25) is 0 Å². The van der Waals surface area contributed by atoms with Gasteiger partial charge in [0.15, 0.2) is 0 Å². The predicted molar refractivity (Wildman–Crippen MR) is 121 cm³/mol. The van der Waals surface area contributed by atoms with E-state index in [2.05, 4.69) is 0 Å². The molecule has 1 N–H and O–H groups in total. The van der Waals surface area contributed by atoms with Gasteiger partial charge in [0.05, 0.1) is 47.7 Å². The molecule has 0 radical (unpaired) electrons. The van der Waals surface area contributed by atoms with Crippen LogP contribution in [0.3, 0.4) is 0 Å². The molecule has 32 heavy (non-hydrogen) atoms. The zero-order chi connectivity index (χ0) is 22.8. The van der Waals surface area contributed by atoms with E-state index in [1.165, 1.54) is 0 Å². The van der Waals surface area contributed by atoms with Crippen molar-refractivity contribution >= 4 is 0 Å². The van der Waals surface area contributed by atoms with E-state index in [0.717, 1.165) is 5.56 Å². The molecule has 168 valence electrons. The quantitative estimate of drug-likeness (QED) is 0.573. The SMILES string of the molecule is COc1ccc(-c2cc3c(c(-c4c(OC)cc(OC)cc4OC)c2O)CCO3)c(OC)c1. The Morgan fingerprint density at radius 1 is 0.688 bits per heavy atom. The van der Waals surface area contributed by atoms with E-state index in [1.54, 1.807) is 53.7 Å². The minimum Gasteiger partial charge on any atom is -0.507 e. The van der Waals surface area contributed by atoms with Crippen molar-refractivity contribution in [3.05, 3.63) is 42.0 Å². The maximum absolute atomic E-state index is 11.6. The molecule has 0 amide bonds. The molecule has 1 heterocycles. The molecule has 0 aromatic heterocycles. The topological polar surface area (TPSA) is 75.6 Å². The number of hydrogen-bond donors (Lipinski definition) is 1. The zero-order valence-electron chi connectivity index (χ0n) is 18.8. The van der Waals surface area contributed by atoms with Gasteiger partial charge in [0, 0.05) is 46.9 Å². The summed E-state index contributed by atoms with van der Waals surface area (Å²) in [5.74, 6) is 3.63. The summed E-state index contributed by atoms with van der Waals surface area (Å²) in [5, 5.41) is 11.6. The minimum atomic E-state index is 0.0829. The lowest BCUT2D eigenvalue weighted by atomic mass is 9.90. The lowest BCUT2D eigenvalue weighted by Gasteiger charge is -2.20. The van der Waals surface area contributed by atoms with Crippen LogP contribution in [0.2, 0.25) is 0 Å². The Hall–Kier alpha value is -3.74. The monoisotopic (exact) mass is 438 g/mol. The number of fused-ring (bicyclic) bond motifs is 1. The van der Waals surface area contributed by atoms with Crippen LogP contribution < -0.4 is 28.4 Å². The molecule has 3 aromatic carbocycles. The fourth-order valence-corrected chi connectivity index (χ4v) is 4.08. The maximum Gasteiger partial charge on any atom is 0.134 e. The average Bonchev–Trinajstić information content (AvgIpc) is 3.30. The highest BCUT2D eigenvalue weighted by atomic mass is 16.5. The van der Waals surface area contributed by atoms with E-state index in [0.29, 0.717) is 69.8 Å². The van der Waals surface area contributed by atoms with Crippen LogP contribution in [0.5, 0.6) is 40.2 Å². The Kier molecular flexibility index (Phi) is 5.90. The van der Waals surface area contributed by atoms with E-state index in [-0.39, 0.29) is 5.75 Å². The summed E-state index contributed by atoms with van der Waals surface area (Å²) in [6, 6.07) is 10.8. The highest BCUT2D eigenvalue weighted by Crippen LogP contribution is 2.54. The van der Waals surface area contributed by atoms with E-state index in [9.17, 15) is 5.11 Å². The van der Waals surface area contributed by atoms with Gasteiger partial charge in [-0.2, -0.15) is 0 Å². The number of aromatic hydroxyl groups is 1. The Morgan fingerprint density at radius 3 is 1.91 bits per heavy atom. The smallest absolute Gasteiger partial charge is 0.134 e. The van der Waals surface area contributed by atoms with E-state index >= 15 is 0 Å². The molecule has 0 saturated carbocycles. The normalized spacial score (nSPS) is 12.0. The van der Waals surface area contributed by atoms with Gasteiger partial charge in [0.25, 0.3) is 0 Å². The molecule has 0 unspecified atom stereocenters. The third-order valence-electron chi connectivity index (χ3n) is 5.64. The standard InChI is InChI=1S/C25H26O7/c1-27-14-6-7-16(19(10-14)29-3)18-13-20-17(8-9-32-20)23(25(18)26)24-21(30-4)11-15(28-2)12-22(24)31-5/h6-7,10-13,26H,8-9H2,1-5H3. The first-order valence-corrected chi connectivity index (χ1v) is 10.1. The van der Waals surface area contributed by atoms with Crippen molar-refractivity contribution in [1.82, 2.24) is 0 Å². The third kappa shape index (κ3) is 3.49. The van der Waals surface area contributed by atoms with E-state index in [1.807, 2.05) is 18.2 Å². The lowest BCUT2D eigenvalue weighted by molar-refractivity contribution is 0.356. The number of phenols is 1. The highest BCUT2D eigenvalue weighted by Gasteiger charge is 2.29. The fraction of sp³-hybridized carbons (Fsp3) is 0.280. The van der Waals surface area contributed by atoms with Crippen LogP contribution in [0.1, 0.15) is 5.56 Å². The van der Waals surface area contributed by atoms with Crippen molar-refractivity contribution in [1.29, 1.82) is 0 Å². The van der Waals surface area contributed by atoms with Gasteiger partial charge >= 0.3 is 0 Å². The van der Waals surface area contributed by atoms with E-state index in [4.69, 9.17) is 28.4 Å². The zero-order valence-corrected chi connectivity index (χ0v) is 18.8. The number of rotatable bonds is 7. The van der Waals surface area contributed by atoms with Crippen LogP contribution in [-0.4, -0.2) is 47.3 Å². The van der Waals surface area contributed by atoms with Gasteiger partial charge < -0.3 is 33.5 Å². The van der Waals surface area contributed by atoms with Gasteiger partial charge in [0.1, 0.15) is 40.2 Å². The van der Waals surface area contributed by atoms with Crippen LogP contribution in [-0.2, 0) is 6.42 Å². The lowest BCUT2D eigenvalue weighted by Crippen LogP contribution is -1.99. The first-order valence-electron chi connectivity index (χ1n) is 10.1.